The van der Waals surface area contributed by atoms with Gasteiger partial charge in [-0.05, 0) is 43.4 Å². The maximum absolute atomic E-state index is 12.4. The van der Waals surface area contributed by atoms with Crippen LogP contribution in [0.5, 0.6) is 0 Å². The van der Waals surface area contributed by atoms with Gasteiger partial charge in [-0.3, -0.25) is 4.79 Å². The van der Waals surface area contributed by atoms with Gasteiger partial charge >= 0.3 is 0 Å². The minimum absolute atomic E-state index is 0.114. The number of hydrogen-bond donors (Lipinski definition) is 2. The van der Waals surface area contributed by atoms with E-state index in [1.165, 1.54) is 19.3 Å². The molecule has 19 heavy (non-hydrogen) atoms. The lowest BCUT2D eigenvalue weighted by atomic mass is 9.78. The molecule has 3 heteroatoms. The van der Waals surface area contributed by atoms with Gasteiger partial charge in [0.1, 0.15) is 0 Å². The van der Waals surface area contributed by atoms with Crippen LogP contribution in [-0.2, 0) is 4.79 Å². The Balaban J connectivity index is 1.88. The van der Waals surface area contributed by atoms with Crippen LogP contribution in [0.3, 0.4) is 0 Å². The molecule has 0 aromatic rings. The summed E-state index contributed by atoms with van der Waals surface area (Å²) in [6.45, 7) is 6.62. The fourth-order valence-electron chi connectivity index (χ4n) is 3.83. The third-order valence-corrected chi connectivity index (χ3v) is 5.45. The van der Waals surface area contributed by atoms with E-state index < -0.39 is 0 Å². The molecule has 4 atom stereocenters. The van der Waals surface area contributed by atoms with E-state index in [0.29, 0.717) is 18.0 Å². The van der Waals surface area contributed by atoms with Gasteiger partial charge in [-0.1, -0.05) is 33.6 Å². The third-order valence-electron chi connectivity index (χ3n) is 5.45. The summed E-state index contributed by atoms with van der Waals surface area (Å²) in [6.07, 6.45) is 8.08. The lowest BCUT2D eigenvalue weighted by molar-refractivity contribution is -0.127. The van der Waals surface area contributed by atoms with Gasteiger partial charge in [-0.15, -0.1) is 0 Å². The van der Waals surface area contributed by atoms with Crippen LogP contribution >= 0.6 is 0 Å². The average molecular weight is 266 g/mol. The molecule has 0 bridgehead atoms. The molecule has 0 saturated heterocycles. The maximum atomic E-state index is 12.4. The molecule has 0 spiro atoms. The van der Waals surface area contributed by atoms with Gasteiger partial charge < -0.3 is 11.1 Å². The van der Waals surface area contributed by atoms with Crippen LogP contribution in [0.4, 0.5) is 0 Å². The van der Waals surface area contributed by atoms with Crippen molar-refractivity contribution >= 4 is 5.91 Å². The second-order valence-corrected chi connectivity index (χ2v) is 7.42. The Morgan fingerprint density at radius 3 is 2.58 bits per heavy atom. The van der Waals surface area contributed by atoms with E-state index in [0.717, 1.165) is 25.7 Å². The van der Waals surface area contributed by atoms with Gasteiger partial charge in [0.25, 0.3) is 0 Å². The summed E-state index contributed by atoms with van der Waals surface area (Å²) >= 11 is 0. The van der Waals surface area contributed by atoms with Crippen molar-refractivity contribution in [2.45, 2.75) is 77.8 Å². The fraction of sp³-hybridized carbons (Fsp3) is 0.938. The summed E-state index contributed by atoms with van der Waals surface area (Å²) in [5.41, 5.74) is 6.30. The zero-order valence-electron chi connectivity index (χ0n) is 12.7. The smallest absolute Gasteiger partial charge is 0.223 e. The summed E-state index contributed by atoms with van der Waals surface area (Å²) < 4.78 is 0. The van der Waals surface area contributed by atoms with Gasteiger partial charge in [-0.2, -0.15) is 0 Å². The van der Waals surface area contributed by atoms with E-state index in [-0.39, 0.29) is 17.2 Å². The number of amides is 1. The molecule has 1 amide bonds. The summed E-state index contributed by atoms with van der Waals surface area (Å²) in [4.78, 5) is 12.4. The Morgan fingerprint density at radius 2 is 2.00 bits per heavy atom. The minimum atomic E-state index is 0.114. The molecule has 4 unspecified atom stereocenters. The van der Waals surface area contributed by atoms with E-state index in [9.17, 15) is 4.79 Å². The second-order valence-electron chi connectivity index (χ2n) is 7.42. The largest absolute Gasteiger partial charge is 0.353 e. The predicted octanol–water partition coefficient (Wildman–Crippen LogP) is 2.83. The summed E-state index contributed by atoms with van der Waals surface area (Å²) in [7, 11) is 0. The quantitative estimate of drug-likeness (QED) is 0.825. The molecule has 2 aliphatic carbocycles. The van der Waals surface area contributed by atoms with Gasteiger partial charge in [0.2, 0.25) is 5.91 Å². The first-order chi connectivity index (χ1) is 8.90. The van der Waals surface area contributed by atoms with Crippen molar-refractivity contribution in [2.75, 3.05) is 0 Å². The molecule has 0 aromatic heterocycles. The molecule has 3 N–H and O–H groups in total. The molecule has 2 saturated carbocycles. The van der Waals surface area contributed by atoms with Crippen LogP contribution in [-0.4, -0.2) is 18.0 Å². The summed E-state index contributed by atoms with van der Waals surface area (Å²) in [5, 5.41) is 3.30. The molecule has 2 aliphatic rings. The Morgan fingerprint density at radius 1 is 1.26 bits per heavy atom. The topological polar surface area (TPSA) is 55.1 Å². The molecule has 0 aliphatic heterocycles. The standard InChI is InChI=1S/C16H30N2O/c1-11(12-6-4-7-13(17)10-12)15(19)18-14-8-5-9-16(14,2)3/h11-14H,4-10,17H2,1-3H3,(H,18,19). The zero-order valence-corrected chi connectivity index (χ0v) is 12.7. The van der Waals surface area contributed by atoms with Gasteiger partial charge in [0.15, 0.2) is 0 Å². The van der Waals surface area contributed by atoms with Gasteiger partial charge in [0, 0.05) is 18.0 Å². The van der Waals surface area contributed by atoms with Crippen molar-refractivity contribution in [3.8, 4) is 0 Å². The highest BCUT2D eigenvalue weighted by Crippen LogP contribution is 2.38. The Hall–Kier alpha value is -0.570. The van der Waals surface area contributed by atoms with Crippen molar-refractivity contribution in [1.29, 1.82) is 0 Å². The van der Waals surface area contributed by atoms with E-state index >= 15 is 0 Å². The SMILES string of the molecule is CC(C(=O)NC1CCCC1(C)C)C1CCCC(N)C1. The molecule has 2 rings (SSSR count). The van der Waals surface area contributed by atoms with E-state index in [1.807, 2.05) is 0 Å². The highest BCUT2D eigenvalue weighted by atomic mass is 16.1. The molecular weight excluding hydrogens is 236 g/mol. The minimum Gasteiger partial charge on any atom is -0.353 e. The van der Waals surface area contributed by atoms with Crippen molar-refractivity contribution < 1.29 is 4.79 Å². The van der Waals surface area contributed by atoms with Crippen molar-refractivity contribution in [1.82, 2.24) is 5.32 Å². The monoisotopic (exact) mass is 266 g/mol. The first-order valence-electron chi connectivity index (χ1n) is 7.96. The lowest BCUT2D eigenvalue weighted by Crippen LogP contribution is -2.46. The Bertz CT molecular complexity index is 327. The van der Waals surface area contributed by atoms with Crippen LogP contribution in [0, 0.1) is 17.3 Å². The molecule has 0 aromatic carbocycles. The number of carbonyl (C=O) groups is 1. The van der Waals surface area contributed by atoms with Crippen LogP contribution in [0.2, 0.25) is 0 Å². The van der Waals surface area contributed by atoms with Crippen LogP contribution < -0.4 is 11.1 Å². The molecular formula is C16H30N2O. The van der Waals surface area contributed by atoms with Crippen molar-refractivity contribution in [2.24, 2.45) is 23.0 Å². The molecule has 2 fully saturated rings. The van der Waals surface area contributed by atoms with E-state index in [1.54, 1.807) is 0 Å². The van der Waals surface area contributed by atoms with E-state index in [2.05, 4.69) is 26.1 Å². The third kappa shape index (κ3) is 3.50. The molecule has 110 valence electrons. The average Bonchev–Trinajstić information content (AvgIpc) is 2.68. The summed E-state index contributed by atoms with van der Waals surface area (Å²) in [5.74, 6) is 0.843. The number of nitrogens with one attached hydrogen (secondary N) is 1. The fourth-order valence-corrected chi connectivity index (χ4v) is 3.83. The van der Waals surface area contributed by atoms with E-state index in [4.69, 9.17) is 5.73 Å². The zero-order chi connectivity index (χ0) is 14.0. The van der Waals surface area contributed by atoms with Gasteiger partial charge in [-0.25, -0.2) is 0 Å². The first-order valence-corrected chi connectivity index (χ1v) is 7.96. The van der Waals surface area contributed by atoms with Crippen LogP contribution in [0.25, 0.3) is 0 Å². The number of rotatable bonds is 3. The normalized spacial score (nSPS) is 35.9. The highest BCUT2D eigenvalue weighted by Gasteiger charge is 2.37. The number of hydrogen-bond acceptors (Lipinski definition) is 2. The number of nitrogens with two attached hydrogens (primary N) is 1. The van der Waals surface area contributed by atoms with Crippen molar-refractivity contribution in [3.63, 3.8) is 0 Å². The van der Waals surface area contributed by atoms with Gasteiger partial charge in [0.05, 0.1) is 0 Å². The second kappa shape index (κ2) is 5.82. The highest BCUT2D eigenvalue weighted by molar-refractivity contribution is 5.79. The molecule has 0 radical (unpaired) electrons. The Labute approximate surface area is 117 Å². The number of carbonyl (C=O) groups excluding carboxylic acids is 1. The Kier molecular flexibility index (Phi) is 4.54. The summed E-state index contributed by atoms with van der Waals surface area (Å²) in [6, 6.07) is 0.664. The predicted molar refractivity (Wildman–Crippen MR) is 78.7 cm³/mol. The first kappa shape index (κ1) is 14.8. The lowest BCUT2D eigenvalue weighted by Gasteiger charge is -2.33. The molecule has 3 nitrogen and oxygen atoms in total. The maximum Gasteiger partial charge on any atom is 0.223 e. The van der Waals surface area contributed by atoms with Crippen LogP contribution in [0.15, 0.2) is 0 Å². The molecule has 0 heterocycles. The van der Waals surface area contributed by atoms with Crippen LogP contribution in [0.1, 0.15) is 65.7 Å². The van der Waals surface area contributed by atoms with Crippen molar-refractivity contribution in [3.05, 3.63) is 0 Å².